The monoisotopic (exact) mass is 334 g/mol. The first-order valence-electron chi connectivity index (χ1n) is 7.59. The average molecular weight is 334 g/mol. The summed E-state index contributed by atoms with van der Waals surface area (Å²) in [7, 11) is 0. The molecule has 1 N–H and O–H groups in total. The Morgan fingerprint density at radius 2 is 1.74 bits per heavy atom. The van der Waals surface area contributed by atoms with Crippen LogP contribution in [0.3, 0.4) is 0 Å². The molecule has 1 aromatic carbocycles. The van der Waals surface area contributed by atoms with E-state index in [9.17, 15) is 19.5 Å². The highest BCUT2D eigenvalue weighted by Gasteiger charge is 2.53. The van der Waals surface area contributed by atoms with Crippen molar-refractivity contribution >= 4 is 29.1 Å². The van der Waals surface area contributed by atoms with Crippen LogP contribution in [-0.4, -0.2) is 34.3 Å². The number of carbonyl (C=O) groups excluding carboxylic acids is 3. The van der Waals surface area contributed by atoms with E-state index >= 15 is 0 Å². The van der Waals surface area contributed by atoms with Gasteiger partial charge in [-0.05, 0) is 44.7 Å². The number of hydrogen-bond acceptors (Lipinski definition) is 5. The van der Waals surface area contributed by atoms with E-state index in [1.807, 2.05) is 30.5 Å². The molecule has 0 aliphatic heterocycles. The number of carbonyl (C=O) groups is 3. The molecule has 124 valence electrons. The average Bonchev–Trinajstić information content (AvgIpc) is 2.44. The second-order valence-corrected chi connectivity index (χ2v) is 7.36. The Balaban J connectivity index is 2.58. The van der Waals surface area contributed by atoms with Crippen molar-refractivity contribution in [3.8, 4) is 0 Å². The van der Waals surface area contributed by atoms with Crippen molar-refractivity contribution in [2.45, 2.75) is 43.6 Å². The van der Waals surface area contributed by atoms with Crippen LogP contribution in [-0.2, 0) is 14.4 Å². The first-order chi connectivity index (χ1) is 10.7. The van der Waals surface area contributed by atoms with Crippen molar-refractivity contribution in [3.05, 3.63) is 29.8 Å². The number of Topliss-reactive ketones (excluding diaryl/α,β-unsaturated/α-hetero) is 3. The van der Waals surface area contributed by atoms with Crippen LogP contribution in [0.4, 0.5) is 0 Å². The van der Waals surface area contributed by atoms with Crippen molar-refractivity contribution in [2.24, 2.45) is 11.8 Å². The maximum absolute atomic E-state index is 12.4. The van der Waals surface area contributed by atoms with Gasteiger partial charge >= 0.3 is 0 Å². The van der Waals surface area contributed by atoms with Crippen molar-refractivity contribution in [2.75, 3.05) is 6.26 Å². The summed E-state index contributed by atoms with van der Waals surface area (Å²) in [6.07, 6.45) is 1.79. The van der Waals surface area contributed by atoms with E-state index in [-0.39, 0.29) is 23.8 Å². The molecule has 1 aliphatic carbocycles. The number of benzene rings is 1. The fourth-order valence-electron chi connectivity index (χ4n) is 3.73. The first-order valence-corrected chi connectivity index (χ1v) is 8.81. The summed E-state index contributed by atoms with van der Waals surface area (Å²) in [5.41, 5.74) is -0.686. The molecule has 23 heavy (non-hydrogen) atoms. The normalized spacial score (nSPS) is 31.0. The molecule has 0 spiro atoms. The van der Waals surface area contributed by atoms with Crippen molar-refractivity contribution in [1.82, 2.24) is 0 Å². The van der Waals surface area contributed by atoms with Gasteiger partial charge in [-0.25, -0.2) is 0 Å². The summed E-state index contributed by atoms with van der Waals surface area (Å²) >= 11 is 1.59. The number of hydrogen-bond donors (Lipinski definition) is 1. The lowest BCUT2D eigenvalue weighted by Gasteiger charge is -2.44. The van der Waals surface area contributed by atoms with Gasteiger partial charge in [0.05, 0.1) is 17.4 Å². The van der Waals surface area contributed by atoms with Crippen molar-refractivity contribution in [1.29, 1.82) is 0 Å². The van der Waals surface area contributed by atoms with Crippen LogP contribution in [0.1, 0.15) is 38.7 Å². The summed E-state index contributed by atoms with van der Waals surface area (Å²) in [5.74, 6) is -3.00. The molecule has 5 heteroatoms. The van der Waals surface area contributed by atoms with Crippen LogP contribution >= 0.6 is 11.8 Å². The Morgan fingerprint density at radius 3 is 2.17 bits per heavy atom. The Kier molecular flexibility index (Phi) is 5.11. The van der Waals surface area contributed by atoms with E-state index in [0.29, 0.717) is 0 Å². The van der Waals surface area contributed by atoms with Gasteiger partial charge in [0.25, 0.3) is 0 Å². The first kappa shape index (κ1) is 17.9. The molecule has 0 saturated heterocycles. The third-order valence-corrected chi connectivity index (χ3v) is 5.39. The van der Waals surface area contributed by atoms with Crippen LogP contribution in [0.15, 0.2) is 29.2 Å². The molecule has 1 fully saturated rings. The molecule has 2 rings (SSSR count). The van der Waals surface area contributed by atoms with Crippen LogP contribution in [0.25, 0.3) is 0 Å². The Labute approximate surface area is 140 Å². The molecule has 1 saturated carbocycles. The van der Waals surface area contributed by atoms with Crippen molar-refractivity contribution < 1.29 is 19.5 Å². The fraction of sp³-hybridized carbons (Fsp3) is 0.500. The third kappa shape index (κ3) is 3.40. The Hall–Kier alpha value is -1.46. The van der Waals surface area contributed by atoms with E-state index < -0.39 is 23.4 Å². The van der Waals surface area contributed by atoms with Gasteiger partial charge in [0.2, 0.25) is 0 Å². The minimum Gasteiger partial charge on any atom is -0.389 e. The van der Waals surface area contributed by atoms with Gasteiger partial charge in [-0.2, -0.15) is 0 Å². The lowest BCUT2D eigenvalue weighted by Crippen LogP contribution is -2.53. The van der Waals surface area contributed by atoms with Crippen LogP contribution in [0.2, 0.25) is 0 Å². The van der Waals surface area contributed by atoms with Crippen LogP contribution in [0, 0.1) is 11.8 Å². The molecule has 1 aliphatic rings. The van der Waals surface area contributed by atoms with Gasteiger partial charge in [0.1, 0.15) is 17.3 Å². The number of rotatable bonds is 4. The quantitative estimate of drug-likeness (QED) is 0.677. The second-order valence-electron chi connectivity index (χ2n) is 6.48. The highest BCUT2D eigenvalue weighted by atomic mass is 32.2. The van der Waals surface area contributed by atoms with Crippen molar-refractivity contribution in [3.63, 3.8) is 0 Å². The standard InChI is InChI=1S/C18H22O4S/c1-10(19)15-14(21)9-18(3,22)17(11(2)20)16(15)12-5-7-13(23-4)8-6-12/h5-8,15-17,22H,9H2,1-4H3/t15-,16-,17-,18-/m0/s1. The Morgan fingerprint density at radius 1 is 1.17 bits per heavy atom. The summed E-state index contributed by atoms with van der Waals surface area (Å²) in [6, 6.07) is 7.50. The smallest absolute Gasteiger partial charge is 0.146 e. The summed E-state index contributed by atoms with van der Waals surface area (Å²) in [6.45, 7) is 4.30. The van der Waals surface area contributed by atoms with Gasteiger partial charge in [0, 0.05) is 17.2 Å². The molecule has 0 aromatic heterocycles. The largest absolute Gasteiger partial charge is 0.389 e. The van der Waals surface area contributed by atoms with Gasteiger partial charge in [-0.3, -0.25) is 14.4 Å². The summed E-state index contributed by atoms with van der Waals surface area (Å²) in [4.78, 5) is 37.8. The van der Waals surface area contributed by atoms with E-state index in [2.05, 4.69) is 0 Å². The van der Waals surface area contributed by atoms with Crippen LogP contribution < -0.4 is 0 Å². The zero-order valence-electron chi connectivity index (χ0n) is 13.8. The number of aliphatic hydroxyl groups is 1. The van der Waals surface area contributed by atoms with E-state index in [1.165, 1.54) is 20.8 Å². The topological polar surface area (TPSA) is 71.4 Å². The number of thioether (sulfide) groups is 1. The third-order valence-electron chi connectivity index (χ3n) is 4.64. The maximum atomic E-state index is 12.4. The lowest BCUT2D eigenvalue weighted by atomic mass is 9.60. The molecule has 0 amide bonds. The highest BCUT2D eigenvalue weighted by molar-refractivity contribution is 7.98. The maximum Gasteiger partial charge on any atom is 0.146 e. The van der Waals surface area contributed by atoms with Gasteiger partial charge < -0.3 is 5.11 Å². The van der Waals surface area contributed by atoms with Crippen LogP contribution in [0.5, 0.6) is 0 Å². The minimum absolute atomic E-state index is 0.166. The molecule has 0 heterocycles. The molecule has 4 atom stereocenters. The molecule has 4 nitrogen and oxygen atoms in total. The molecule has 0 radical (unpaired) electrons. The van der Waals surface area contributed by atoms with Gasteiger partial charge in [0.15, 0.2) is 0 Å². The zero-order chi connectivity index (χ0) is 17.4. The SMILES string of the molecule is CSc1ccc([C@H]2[C@@H](C(C)=O)C(=O)C[C@](C)(O)[C@H]2C(C)=O)cc1. The van der Waals surface area contributed by atoms with Gasteiger partial charge in [-0.1, -0.05) is 12.1 Å². The predicted molar refractivity (Wildman–Crippen MR) is 89.6 cm³/mol. The zero-order valence-corrected chi connectivity index (χ0v) is 14.6. The summed E-state index contributed by atoms with van der Waals surface area (Å²) in [5, 5.41) is 10.7. The van der Waals surface area contributed by atoms with Gasteiger partial charge in [-0.15, -0.1) is 11.8 Å². The lowest BCUT2D eigenvalue weighted by molar-refractivity contribution is -0.151. The predicted octanol–water partition coefficient (Wildman–Crippen LogP) is 2.63. The highest BCUT2D eigenvalue weighted by Crippen LogP contribution is 2.46. The molecule has 1 aromatic rings. The van der Waals surface area contributed by atoms with E-state index in [0.717, 1.165) is 10.5 Å². The minimum atomic E-state index is -1.43. The Bertz CT molecular complexity index is 633. The summed E-state index contributed by atoms with van der Waals surface area (Å²) < 4.78 is 0. The number of ketones is 3. The molecule has 0 bridgehead atoms. The molecular formula is C18H22O4S. The molecule has 0 unspecified atom stereocenters. The second kappa shape index (κ2) is 6.57. The fourth-order valence-corrected chi connectivity index (χ4v) is 4.14. The van der Waals surface area contributed by atoms with E-state index in [1.54, 1.807) is 11.8 Å². The van der Waals surface area contributed by atoms with E-state index in [4.69, 9.17) is 0 Å². The molecular weight excluding hydrogens is 312 g/mol.